The maximum atomic E-state index is 7.70. The van der Waals surface area contributed by atoms with Crippen molar-refractivity contribution in [3.05, 3.63) is 75.5 Å². The Kier molecular flexibility index (Phi) is 7.34. The molecule has 4 heterocycles. The second-order valence-corrected chi connectivity index (χ2v) is 11.5. The van der Waals surface area contributed by atoms with Gasteiger partial charge in [-0.15, -0.1) is 11.3 Å². The highest BCUT2D eigenvalue weighted by atomic mass is 32.1. The molecule has 0 aliphatic carbocycles. The third-order valence-corrected chi connectivity index (χ3v) is 8.54. The first-order valence-corrected chi connectivity index (χ1v) is 13.4. The van der Waals surface area contributed by atoms with Gasteiger partial charge >= 0.3 is 0 Å². The zero-order valence-electron chi connectivity index (χ0n) is 20.7. The van der Waals surface area contributed by atoms with E-state index in [1.54, 1.807) is 6.20 Å². The van der Waals surface area contributed by atoms with Crippen LogP contribution in [0, 0.1) is 17.7 Å². The Morgan fingerprint density at radius 1 is 1.09 bits per heavy atom. The minimum atomic E-state index is 0.173. The molecule has 2 aliphatic heterocycles. The first-order chi connectivity index (χ1) is 17.0. The fourth-order valence-electron chi connectivity index (χ4n) is 5.56. The number of likely N-dealkylation sites (tertiary alicyclic amines) is 2. The van der Waals surface area contributed by atoms with Crippen molar-refractivity contribution in [2.45, 2.75) is 45.9 Å². The number of hydrogen-bond donors (Lipinski definition) is 3. The van der Waals surface area contributed by atoms with Crippen molar-refractivity contribution in [2.24, 2.45) is 11.1 Å². The van der Waals surface area contributed by atoms with Gasteiger partial charge in [-0.25, -0.2) is 4.98 Å². The average Bonchev–Trinajstić information content (AvgIpc) is 3.47. The number of benzene rings is 1. The molecule has 1 aromatic carbocycles. The second kappa shape index (κ2) is 10.6. The summed E-state index contributed by atoms with van der Waals surface area (Å²) >= 11 is 1.90. The molecule has 2 fully saturated rings. The summed E-state index contributed by atoms with van der Waals surface area (Å²) in [4.78, 5) is 16.4. The van der Waals surface area contributed by atoms with Crippen LogP contribution in [-0.2, 0) is 26.2 Å². The normalized spacial score (nSPS) is 18.2. The van der Waals surface area contributed by atoms with Crippen LogP contribution in [0.4, 0.5) is 0 Å². The molecule has 0 atom stereocenters. The Morgan fingerprint density at radius 2 is 1.83 bits per heavy atom. The van der Waals surface area contributed by atoms with Crippen LogP contribution in [0.2, 0.25) is 0 Å². The summed E-state index contributed by atoms with van der Waals surface area (Å²) in [5, 5.41) is 9.92. The van der Waals surface area contributed by atoms with Crippen LogP contribution < -0.4 is 5.73 Å². The molecule has 35 heavy (non-hydrogen) atoms. The summed E-state index contributed by atoms with van der Waals surface area (Å²) in [7, 11) is 0. The lowest BCUT2D eigenvalue weighted by Gasteiger charge is -2.54. The molecule has 5 rings (SSSR count). The predicted molar refractivity (Wildman–Crippen MR) is 142 cm³/mol. The Labute approximate surface area is 212 Å². The number of nitrogens with zero attached hydrogens (tertiary/aromatic N) is 4. The minimum Gasteiger partial charge on any atom is -0.387 e. The van der Waals surface area contributed by atoms with Gasteiger partial charge < -0.3 is 10.7 Å². The van der Waals surface area contributed by atoms with E-state index in [2.05, 4.69) is 67.3 Å². The summed E-state index contributed by atoms with van der Waals surface area (Å²) in [6.07, 6.45) is 6.21. The molecule has 0 unspecified atom stereocenters. The van der Waals surface area contributed by atoms with Crippen LogP contribution in [0.1, 0.15) is 40.2 Å². The minimum absolute atomic E-state index is 0.173. The second-order valence-electron chi connectivity index (χ2n) is 10.5. The van der Waals surface area contributed by atoms with Crippen LogP contribution in [0.25, 0.3) is 0 Å². The van der Waals surface area contributed by atoms with Gasteiger partial charge in [-0.2, -0.15) is 0 Å². The zero-order chi connectivity index (χ0) is 24.3. The number of thiophene rings is 1. The van der Waals surface area contributed by atoms with Gasteiger partial charge in [0.05, 0.1) is 13.1 Å². The molecule has 4 N–H and O–H groups in total. The number of hydrogen-bond acceptors (Lipinski definition) is 6. The molecule has 186 valence electrons. The lowest BCUT2D eigenvalue weighted by Crippen LogP contribution is -2.59. The van der Waals surface area contributed by atoms with Gasteiger partial charge in [0.25, 0.3) is 0 Å². The molecule has 1 spiro atoms. The number of aryl methyl sites for hydroxylation is 1. The van der Waals surface area contributed by atoms with E-state index in [-0.39, 0.29) is 5.84 Å². The van der Waals surface area contributed by atoms with Gasteiger partial charge in [-0.05, 0) is 66.4 Å². The Hall–Kier alpha value is -2.52. The fraction of sp³-hybridized carbons (Fsp3) is 0.481. The van der Waals surface area contributed by atoms with Crippen molar-refractivity contribution in [3.63, 3.8) is 0 Å². The first-order valence-electron chi connectivity index (χ1n) is 12.6. The average molecular weight is 492 g/mol. The lowest BCUT2D eigenvalue weighted by atomic mass is 9.72. The van der Waals surface area contributed by atoms with E-state index < -0.39 is 0 Å². The monoisotopic (exact) mass is 491 g/mol. The van der Waals surface area contributed by atoms with Crippen LogP contribution in [0.15, 0.2) is 48.1 Å². The maximum Gasteiger partial charge on any atom is 0.120 e. The van der Waals surface area contributed by atoms with E-state index in [1.807, 2.05) is 17.5 Å². The van der Waals surface area contributed by atoms with Crippen LogP contribution in [0.5, 0.6) is 0 Å². The number of piperidine rings is 1. The highest BCUT2D eigenvalue weighted by Gasteiger charge is 2.44. The molecule has 0 amide bonds. The summed E-state index contributed by atoms with van der Waals surface area (Å²) in [5.41, 5.74) is 10.3. The molecule has 3 aromatic rings. The standard InChI is InChI=1S/C27H37N7S/c1-21-6-13-35-24(21)16-34-19-27(20-34)7-11-32(12-8-27)14-22-2-4-23(5-3-22)15-33(17-25(28)29)18-26-30-9-10-31-26/h2-6,9-10,13H,7-8,11-12,14-20H2,1H3,(H3,28,29)(H,30,31). The Bertz CT molecular complexity index is 1090. The van der Waals surface area contributed by atoms with E-state index in [9.17, 15) is 0 Å². The molecule has 0 bridgehead atoms. The van der Waals surface area contributed by atoms with Crippen LogP contribution >= 0.6 is 11.3 Å². The van der Waals surface area contributed by atoms with Crippen molar-refractivity contribution >= 4 is 17.2 Å². The molecule has 2 aliphatic rings. The van der Waals surface area contributed by atoms with E-state index in [0.29, 0.717) is 18.5 Å². The topological polar surface area (TPSA) is 88.3 Å². The number of amidine groups is 1. The van der Waals surface area contributed by atoms with Crippen molar-refractivity contribution in [1.29, 1.82) is 5.41 Å². The summed E-state index contributed by atoms with van der Waals surface area (Å²) in [6, 6.07) is 11.2. The van der Waals surface area contributed by atoms with Gasteiger partial charge in [-0.1, -0.05) is 24.3 Å². The summed E-state index contributed by atoms with van der Waals surface area (Å²) < 4.78 is 0. The molecule has 2 aromatic heterocycles. The number of rotatable bonds is 10. The van der Waals surface area contributed by atoms with Crippen LogP contribution in [-0.4, -0.2) is 63.2 Å². The van der Waals surface area contributed by atoms with Crippen molar-refractivity contribution in [3.8, 4) is 0 Å². The highest BCUT2D eigenvalue weighted by molar-refractivity contribution is 7.10. The maximum absolute atomic E-state index is 7.70. The van der Waals surface area contributed by atoms with Crippen molar-refractivity contribution in [1.82, 2.24) is 24.7 Å². The number of aromatic amines is 1. The van der Waals surface area contributed by atoms with Crippen LogP contribution in [0.3, 0.4) is 0 Å². The van der Waals surface area contributed by atoms with Crippen molar-refractivity contribution < 1.29 is 0 Å². The van der Waals surface area contributed by atoms with Gasteiger partial charge in [-0.3, -0.25) is 20.1 Å². The lowest BCUT2D eigenvalue weighted by molar-refractivity contribution is -0.0519. The quantitative estimate of drug-likeness (QED) is 0.296. The number of imidazole rings is 1. The number of aromatic nitrogens is 2. The molecule has 7 nitrogen and oxygen atoms in total. The number of nitrogens with one attached hydrogen (secondary N) is 2. The number of H-pyrrole nitrogens is 1. The number of nitrogens with two attached hydrogens (primary N) is 1. The van der Waals surface area contributed by atoms with Gasteiger partial charge in [0, 0.05) is 50.0 Å². The van der Waals surface area contributed by atoms with Gasteiger partial charge in [0.1, 0.15) is 11.7 Å². The molecule has 8 heteroatoms. The highest BCUT2D eigenvalue weighted by Crippen LogP contribution is 2.41. The predicted octanol–water partition coefficient (Wildman–Crippen LogP) is 3.82. The summed E-state index contributed by atoms with van der Waals surface area (Å²) in [6.45, 7) is 11.1. The van der Waals surface area contributed by atoms with E-state index >= 15 is 0 Å². The third kappa shape index (κ3) is 6.19. The molecular weight excluding hydrogens is 454 g/mol. The Morgan fingerprint density at radius 3 is 2.46 bits per heavy atom. The fourth-order valence-corrected chi connectivity index (χ4v) is 6.50. The van der Waals surface area contributed by atoms with E-state index in [0.717, 1.165) is 25.5 Å². The van der Waals surface area contributed by atoms with Gasteiger partial charge in [0.2, 0.25) is 0 Å². The third-order valence-electron chi connectivity index (χ3n) is 7.53. The van der Waals surface area contributed by atoms with Gasteiger partial charge in [0.15, 0.2) is 0 Å². The molecule has 0 radical (unpaired) electrons. The Balaban J connectivity index is 1.08. The molecule has 0 saturated carbocycles. The largest absolute Gasteiger partial charge is 0.387 e. The smallest absolute Gasteiger partial charge is 0.120 e. The summed E-state index contributed by atoms with van der Waals surface area (Å²) in [5.74, 6) is 1.06. The molecule has 2 saturated heterocycles. The first kappa shape index (κ1) is 24.2. The SMILES string of the molecule is Cc1ccsc1CN1CC2(CCN(Cc3ccc(CN(CC(=N)N)Cc4ncc[nH]4)cc3)CC2)C1. The van der Waals surface area contributed by atoms with E-state index in [1.165, 1.54) is 60.6 Å². The van der Waals surface area contributed by atoms with E-state index in [4.69, 9.17) is 11.1 Å². The van der Waals surface area contributed by atoms with Crippen molar-refractivity contribution in [2.75, 3.05) is 32.7 Å². The zero-order valence-corrected chi connectivity index (χ0v) is 21.5. The molecular formula is C27H37N7S.